The van der Waals surface area contributed by atoms with Crippen molar-refractivity contribution in [1.29, 1.82) is 0 Å². The third-order valence-electron chi connectivity index (χ3n) is 4.71. The third-order valence-corrected chi connectivity index (χ3v) is 4.71. The SMILES string of the molecule is COC(=O)C1=C(c2cccnc2)[N+](Cc2cc(C(F)(F)F)ccc2C(F)(F)F)(C(N)=O)N=N1. The lowest BCUT2D eigenvalue weighted by molar-refractivity contribution is -0.799. The molecule has 0 saturated heterocycles. The lowest BCUT2D eigenvalue weighted by Crippen LogP contribution is -2.48. The summed E-state index contributed by atoms with van der Waals surface area (Å²) in [4.78, 5) is 28.6. The van der Waals surface area contributed by atoms with Gasteiger partial charge in [-0.25, -0.2) is 9.59 Å². The number of pyridine rings is 1. The molecule has 14 heteroatoms. The molecule has 8 nitrogen and oxygen atoms in total. The monoisotopic (exact) mass is 474 g/mol. The molecule has 0 aliphatic carbocycles. The minimum atomic E-state index is -5.07. The van der Waals surface area contributed by atoms with Crippen LogP contribution in [0.2, 0.25) is 0 Å². The van der Waals surface area contributed by atoms with Crippen LogP contribution in [0.15, 0.2) is 58.8 Å². The minimum absolute atomic E-state index is 0.0160. The zero-order valence-corrected chi connectivity index (χ0v) is 16.6. The Balaban J connectivity index is 2.29. The molecule has 1 aromatic heterocycles. The Bertz CT molecular complexity index is 1160. The lowest BCUT2D eigenvalue weighted by Gasteiger charge is -2.26. The van der Waals surface area contributed by atoms with Crippen LogP contribution >= 0.6 is 0 Å². The van der Waals surface area contributed by atoms with Crippen LogP contribution in [-0.4, -0.2) is 28.7 Å². The number of nitrogens with two attached hydrogens (primary N) is 1. The van der Waals surface area contributed by atoms with Crippen LogP contribution in [0.1, 0.15) is 22.3 Å². The van der Waals surface area contributed by atoms with E-state index >= 15 is 0 Å². The van der Waals surface area contributed by atoms with Gasteiger partial charge >= 0.3 is 24.4 Å². The number of primary amides is 1. The number of alkyl halides is 6. The van der Waals surface area contributed by atoms with Gasteiger partial charge in [0.2, 0.25) is 11.4 Å². The van der Waals surface area contributed by atoms with E-state index in [1.54, 1.807) is 0 Å². The van der Waals surface area contributed by atoms with E-state index in [4.69, 9.17) is 5.73 Å². The molecule has 0 saturated carbocycles. The first-order chi connectivity index (χ1) is 15.3. The van der Waals surface area contributed by atoms with Gasteiger partial charge in [0, 0.05) is 23.2 Å². The quantitative estimate of drug-likeness (QED) is 0.402. The summed E-state index contributed by atoms with van der Waals surface area (Å²) in [6.45, 7) is -1.12. The molecule has 1 aliphatic rings. The van der Waals surface area contributed by atoms with Crippen molar-refractivity contribution < 1.29 is 45.3 Å². The van der Waals surface area contributed by atoms with Crippen molar-refractivity contribution in [3.63, 3.8) is 0 Å². The molecule has 1 atom stereocenters. The van der Waals surface area contributed by atoms with Gasteiger partial charge in [-0.2, -0.15) is 26.3 Å². The number of amides is 2. The van der Waals surface area contributed by atoms with Crippen LogP contribution in [0, 0.1) is 0 Å². The number of nitrogens with zero attached hydrogens (tertiary/aromatic N) is 4. The van der Waals surface area contributed by atoms with E-state index in [0.29, 0.717) is 0 Å². The summed E-state index contributed by atoms with van der Waals surface area (Å²) in [7, 11) is 0.984. The van der Waals surface area contributed by atoms with Gasteiger partial charge in [-0.3, -0.25) is 4.98 Å². The van der Waals surface area contributed by atoms with Crippen molar-refractivity contribution in [2.75, 3.05) is 7.11 Å². The normalized spacial score (nSPS) is 18.5. The second-order valence-electron chi connectivity index (χ2n) is 6.75. The number of carbonyl (C=O) groups is 2. The number of hydrogen-bond acceptors (Lipinski definition) is 6. The molecule has 0 radical (unpaired) electrons. The first-order valence-corrected chi connectivity index (χ1v) is 8.93. The first-order valence-electron chi connectivity index (χ1n) is 8.93. The molecule has 2 amide bonds. The van der Waals surface area contributed by atoms with Crippen LogP contribution in [-0.2, 0) is 28.4 Å². The van der Waals surface area contributed by atoms with E-state index in [2.05, 4.69) is 20.1 Å². The summed E-state index contributed by atoms with van der Waals surface area (Å²) < 4.78 is 83.5. The maximum Gasteiger partial charge on any atom is 0.447 e. The van der Waals surface area contributed by atoms with Gasteiger partial charge in [0.05, 0.1) is 23.8 Å². The number of benzene rings is 1. The molecular formula is C19H14F6N5O3+. The largest absolute Gasteiger partial charge is 0.464 e. The fraction of sp³-hybridized carbons (Fsp3) is 0.211. The molecule has 0 bridgehead atoms. The Hall–Kier alpha value is -3.81. The Kier molecular flexibility index (Phi) is 5.98. The summed E-state index contributed by atoms with van der Waals surface area (Å²) in [5, 5.41) is 7.19. The zero-order chi connectivity index (χ0) is 24.6. The number of urea groups is 1. The Labute approximate surface area is 181 Å². The number of aromatic nitrogens is 1. The first kappa shape index (κ1) is 23.8. The van der Waals surface area contributed by atoms with Crippen LogP contribution < -0.4 is 5.73 Å². The number of rotatable bonds is 4. The summed E-state index contributed by atoms with van der Waals surface area (Å²) in [5.74, 6) is -1.10. The zero-order valence-electron chi connectivity index (χ0n) is 16.6. The molecule has 0 fully saturated rings. The van der Waals surface area contributed by atoms with Gasteiger partial charge in [0.15, 0.2) is 0 Å². The second-order valence-corrected chi connectivity index (χ2v) is 6.75. The van der Waals surface area contributed by atoms with Crippen LogP contribution in [0.3, 0.4) is 0 Å². The second kappa shape index (κ2) is 8.27. The average Bonchev–Trinajstić information content (AvgIpc) is 3.12. The van der Waals surface area contributed by atoms with Gasteiger partial charge in [0.1, 0.15) is 6.54 Å². The average molecular weight is 474 g/mol. The van der Waals surface area contributed by atoms with Crippen molar-refractivity contribution in [3.8, 4) is 0 Å². The highest BCUT2D eigenvalue weighted by Gasteiger charge is 2.52. The lowest BCUT2D eigenvalue weighted by atomic mass is 10.0. The van der Waals surface area contributed by atoms with E-state index in [1.807, 2.05) is 0 Å². The number of esters is 1. The number of ether oxygens (including phenoxy) is 1. The van der Waals surface area contributed by atoms with E-state index in [9.17, 15) is 35.9 Å². The predicted octanol–water partition coefficient (Wildman–Crippen LogP) is 4.44. The summed E-state index contributed by atoms with van der Waals surface area (Å²) in [6.07, 6.45) is -7.55. The maximum atomic E-state index is 13.6. The molecule has 1 aliphatic heterocycles. The van der Waals surface area contributed by atoms with Crippen LogP contribution in [0.25, 0.3) is 5.70 Å². The Morgan fingerprint density at radius 1 is 1.09 bits per heavy atom. The third kappa shape index (κ3) is 4.41. The molecular weight excluding hydrogens is 460 g/mol. The number of hydrogen-bond donors (Lipinski definition) is 1. The van der Waals surface area contributed by atoms with Gasteiger partial charge in [0.25, 0.3) is 0 Å². The molecule has 2 aromatic rings. The molecule has 1 unspecified atom stereocenters. The van der Waals surface area contributed by atoms with E-state index in [1.165, 1.54) is 18.3 Å². The number of halogens is 6. The number of quaternary nitrogens is 1. The number of methoxy groups -OCH3 is 1. The highest BCUT2D eigenvalue weighted by molar-refractivity contribution is 5.97. The molecule has 3 rings (SSSR count). The van der Waals surface area contributed by atoms with E-state index in [0.717, 1.165) is 13.3 Å². The smallest absolute Gasteiger partial charge is 0.447 e. The maximum absolute atomic E-state index is 13.6. The van der Waals surface area contributed by atoms with Crippen molar-refractivity contribution in [3.05, 3.63) is 70.7 Å². The highest BCUT2D eigenvalue weighted by Crippen LogP contribution is 2.43. The van der Waals surface area contributed by atoms with Crippen molar-refractivity contribution in [1.82, 2.24) is 4.98 Å². The van der Waals surface area contributed by atoms with Crippen LogP contribution in [0.5, 0.6) is 0 Å². The topological polar surface area (TPSA) is 107 Å². The summed E-state index contributed by atoms with van der Waals surface area (Å²) in [5.41, 5.74) is 0.750. The van der Waals surface area contributed by atoms with Crippen molar-refractivity contribution in [2.24, 2.45) is 16.1 Å². The molecule has 174 valence electrons. The number of carbonyl (C=O) groups excluding carboxylic acids is 2. The molecule has 33 heavy (non-hydrogen) atoms. The van der Waals surface area contributed by atoms with Crippen molar-refractivity contribution in [2.45, 2.75) is 18.9 Å². The van der Waals surface area contributed by atoms with Crippen molar-refractivity contribution >= 4 is 17.7 Å². The fourth-order valence-corrected chi connectivity index (χ4v) is 3.24. The van der Waals surface area contributed by atoms with Gasteiger partial charge in [-0.1, -0.05) is 9.71 Å². The van der Waals surface area contributed by atoms with E-state index in [-0.39, 0.29) is 23.8 Å². The molecule has 2 heterocycles. The fourth-order valence-electron chi connectivity index (χ4n) is 3.24. The van der Waals surface area contributed by atoms with Gasteiger partial charge in [-0.05, 0) is 30.3 Å². The minimum Gasteiger partial charge on any atom is -0.464 e. The van der Waals surface area contributed by atoms with Gasteiger partial charge < -0.3 is 10.5 Å². The standard InChI is InChI=1S/C19H13F6N5O3/c1-33-16(31)14-15(10-3-2-6-27-8-10)30(17(26)32,29-28-14)9-11-7-12(18(20,21)22)4-5-13(11)19(23,24)25/h2-8H,9H2,1H3,(H-,26,32)/p+1. The van der Waals surface area contributed by atoms with E-state index < -0.39 is 63.6 Å². The molecule has 1 aromatic carbocycles. The molecule has 0 spiro atoms. The Morgan fingerprint density at radius 3 is 2.30 bits per heavy atom. The highest BCUT2D eigenvalue weighted by atomic mass is 19.4. The molecule has 2 N–H and O–H groups in total. The predicted molar refractivity (Wildman–Crippen MR) is 98.0 cm³/mol. The summed E-state index contributed by atoms with van der Waals surface area (Å²) >= 11 is 0. The van der Waals surface area contributed by atoms with Gasteiger partial charge in [-0.15, -0.1) is 0 Å². The van der Waals surface area contributed by atoms with Crippen LogP contribution in [0.4, 0.5) is 31.1 Å². The Morgan fingerprint density at radius 2 is 1.79 bits per heavy atom. The summed E-state index contributed by atoms with van der Waals surface area (Å²) in [6, 6.07) is 2.09.